The molecule has 2 rings (SSSR count). The molecule has 0 bridgehead atoms. The minimum Gasteiger partial charge on any atom is -0.408 e. The summed E-state index contributed by atoms with van der Waals surface area (Å²) in [6.45, 7) is 0.275. The van der Waals surface area contributed by atoms with Crippen molar-refractivity contribution in [3.05, 3.63) is 33.8 Å². The topological polar surface area (TPSA) is 35.1 Å². The number of halogens is 2. The Bertz CT molecular complexity index is 618. The monoisotopic (exact) mass is 285 g/mol. The highest BCUT2D eigenvalue weighted by Gasteiger charge is 2.07. The Morgan fingerprint density at radius 1 is 1.53 bits per heavy atom. The number of fused-ring (bicyclic) bond motifs is 1. The van der Waals surface area contributed by atoms with Gasteiger partial charge in [0.1, 0.15) is 0 Å². The zero-order chi connectivity index (χ0) is 10.8. The quantitative estimate of drug-likeness (QED) is 0.755. The van der Waals surface area contributed by atoms with Crippen molar-refractivity contribution in [1.29, 1.82) is 0 Å². The second-order valence-electron chi connectivity index (χ2n) is 2.84. The average molecular weight is 287 g/mol. The molecule has 5 heteroatoms. The molecule has 0 saturated carbocycles. The van der Waals surface area contributed by atoms with Crippen molar-refractivity contribution in [3.63, 3.8) is 0 Å². The van der Waals surface area contributed by atoms with E-state index in [1.807, 2.05) is 0 Å². The molecule has 0 unspecified atom stereocenters. The summed E-state index contributed by atoms with van der Waals surface area (Å²) in [5.41, 5.74) is 1.17. The van der Waals surface area contributed by atoms with Crippen LogP contribution in [0.15, 0.2) is 27.4 Å². The number of hydrogen-bond donors (Lipinski definition) is 0. The van der Waals surface area contributed by atoms with E-state index in [2.05, 4.69) is 26.7 Å². The third-order valence-corrected chi connectivity index (χ3v) is 2.45. The van der Waals surface area contributed by atoms with Gasteiger partial charge < -0.3 is 4.42 Å². The summed E-state index contributed by atoms with van der Waals surface area (Å²) in [5.74, 6) is 2.30. The maximum atomic E-state index is 11.4. The van der Waals surface area contributed by atoms with Crippen molar-refractivity contribution in [2.75, 3.05) is 0 Å². The Labute approximate surface area is 98.8 Å². The molecule has 1 aromatic heterocycles. The van der Waals surface area contributed by atoms with Crippen LogP contribution in [0.5, 0.6) is 0 Å². The van der Waals surface area contributed by atoms with Gasteiger partial charge in [-0.05, 0) is 23.0 Å². The third-order valence-electron chi connectivity index (χ3n) is 1.93. The van der Waals surface area contributed by atoms with Crippen molar-refractivity contribution < 1.29 is 4.42 Å². The molecule has 76 valence electrons. The van der Waals surface area contributed by atoms with Gasteiger partial charge in [0.15, 0.2) is 5.58 Å². The van der Waals surface area contributed by atoms with Gasteiger partial charge in [-0.2, -0.15) is 0 Å². The smallest absolute Gasteiger partial charge is 0.408 e. The van der Waals surface area contributed by atoms with E-state index in [1.165, 1.54) is 4.57 Å². The van der Waals surface area contributed by atoms with Crippen molar-refractivity contribution >= 4 is 38.6 Å². The number of hydrogen-bond acceptors (Lipinski definition) is 2. The lowest BCUT2D eigenvalue weighted by Gasteiger charge is -1.94. The fourth-order valence-electron chi connectivity index (χ4n) is 1.29. The number of nitrogens with zero attached hydrogens (tertiary/aromatic N) is 1. The molecular formula is C10H5BrClNO2. The van der Waals surface area contributed by atoms with Crippen LogP contribution in [-0.2, 0) is 6.54 Å². The molecule has 0 aliphatic rings. The van der Waals surface area contributed by atoms with Gasteiger partial charge >= 0.3 is 5.76 Å². The highest BCUT2D eigenvalue weighted by Crippen LogP contribution is 2.18. The lowest BCUT2D eigenvalue weighted by Crippen LogP contribution is -2.12. The molecule has 0 fully saturated rings. The van der Waals surface area contributed by atoms with Crippen molar-refractivity contribution in [3.8, 4) is 10.8 Å². The summed E-state index contributed by atoms with van der Waals surface area (Å²) < 4.78 is 6.44. The van der Waals surface area contributed by atoms with Crippen LogP contribution >= 0.6 is 27.5 Å². The Hall–Kier alpha value is -1.18. The molecule has 1 heterocycles. The number of aromatic nitrogens is 1. The summed E-state index contributed by atoms with van der Waals surface area (Å²) in [4.78, 5) is 14.0. The van der Waals surface area contributed by atoms with E-state index in [9.17, 15) is 4.79 Å². The first-order valence-electron chi connectivity index (χ1n) is 4.10. The first-order chi connectivity index (χ1) is 7.22. The molecule has 15 heavy (non-hydrogen) atoms. The molecular weight excluding hydrogens is 281 g/mol. The van der Waals surface area contributed by atoms with Crippen molar-refractivity contribution in [2.24, 2.45) is 0 Å². The predicted octanol–water partition coefficient (Wildman–Crippen LogP) is 2.60. The molecule has 3 nitrogen and oxygen atoms in total. The maximum Gasteiger partial charge on any atom is 0.420 e. The van der Waals surface area contributed by atoms with Crippen molar-refractivity contribution in [1.82, 2.24) is 4.57 Å². The largest absolute Gasteiger partial charge is 0.420 e. The fourth-order valence-corrected chi connectivity index (χ4v) is 1.59. The van der Waals surface area contributed by atoms with Gasteiger partial charge in [0, 0.05) is 21.0 Å². The summed E-state index contributed by atoms with van der Waals surface area (Å²) in [6.07, 6.45) is 0. The summed E-state index contributed by atoms with van der Waals surface area (Å²) in [7, 11) is 0. The minimum absolute atomic E-state index is 0.275. The van der Waals surface area contributed by atoms with E-state index in [0.717, 1.165) is 0 Å². The van der Waals surface area contributed by atoms with Gasteiger partial charge in [0.05, 0.1) is 12.1 Å². The molecule has 0 aliphatic heterocycles. The van der Waals surface area contributed by atoms with Crippen LogP contribution in [0, 0.1) is 10.8 Å². The zero-order valence-corrected chi connectivity index (χ0v) is 9.80. The molecule has 2 aromatic rings. The fraction of sp³-hybridized carbons (Fsp3) is 0.100. The number of oxazole rings is 1. The van der Waals surface area contributed by atoms with Crippen LogP contribution in [0.25, 0.3) is 11.1 Å². The van der Waals surface area contributed by atoms with E-state index in [4.69, 9.17) is 16.0 Å². The maximum absolute atomic E-state index is 11.4. The summed E-state index contributed by atoms with van der Waals surface area (Å²) in [6, 6.07) is 5.02. The van der Waals surface area contributed by atoms with Gasteiger partial charge in [-0.3, -0.25) is 4.57 Å². The van der Waals surface area contributed by atoms with E-state index < -0.39 is 5.76 Å². The van der Waals surface area contributed by atoms with Gasteiger partial charge in [0.2, 0.25) is 0 Å². The normalized spacial score (nSPS) is 10.0. The van der Waals surface area contributed by atoms with E-state index in [1.54, 1.807) is 18.2 Å². The predicted molar refractivity (Wildman–Crippen MR) is 62.2 cm³/mol. The van der Waals surface area contributed by atoms with Crippen LogP contribution in [0.4, 0.5) is 0 Å². The number of benzene rings is 1. The van der Waals surface area contributed by atoms with Crippen LogP contribution < -0.4 is 5.76 Å². The van der Waals surface area contributed by atoms with Crippen LogP contribution in [0.3, 0.4) is 0 Å². The standard InChI is InChI=1S/C10H5BrClNO2/c11-4-1-5-13-8-6-7(12)2-3-9(8)15-10(13)14/h2-3,6H,5H2. The molecule has 0 N–H and O–H groups in total. The molecule has 0 aliphatic carbocycles. The lowest BCUT2D eigenvalue weighted by atomic mass is 10.3. The molecule has 0 radical (unpaired) electrons. The first-order valence-corrected chi connectivity index (χ1v) is 5.27. The van der Waals surface area contributed by atoms with E-state index >= 15 is 0 Å². The molecule has 0 saturated heterocycles. The molecule has 0 atom stereocenters. The highest BCUT2D eigenvalue weighted by molar-refractivity contribution is 9.12. The summed E-state index contributed by atoms with van der Waals surface area (Å²) >= 11 is 8.80. The second-order valence-corrected chi connectivity index (χ2v) is 3.67. The Morgan fingerprint density at radius 3 is 3.07 bits per heavy atom. The Kier molecular flexibility index (Phi) is 2.85. The minimum atomic E-state index is -0.428. The van der Waals surface area contributed by atoms with Crippen molar-refractivity contribution in [2.45, 2.75) is 6.54 Å². The Balaban J connectivity index is 2.69. The zero-order valence-electron chi connectivity index (χ0n) is 7.46. The van der Waals surface area contributed by atoms with Crippen LogP contribution in [-0.4, -0.2) is 4.57 Å². The van der Waals surface area contributed by atoms with Gasteiger partial charge in [0.25, 0.3) is 0 Å². The van der Waals surface area contributed by atoms with E-state index in [0.29, 0.717) is 16.1 Å². The first kappa shape index (κ1) is 10.3. The van der Waals surface area contributed by atoms with E-state index in [-0.39, 0.29) is 6.54 Å². The number of rotatable bonds is 1. The third kappa shape index (κ3) is 1.94. The highest BCUT2D eigenvalue weighted by atomic mass is 79.9. The SMILES string of the molecule is O=c1oc2ccc(Cl)cc2n1CC#CBr. The average Bonchev–Trinajstić information content (AvgIpc) is 2.51. The van der Waals surface area contributed by atoms with Gasteiger partial charge in [-0.15, -0.1) is 0 Å². The molecule has 1 aromatic carbocycles. The van der Waals surface area contributed by atoms with Crippen LogP contribution in [0.2, 0.25) is 5.02 Å². The second kappa shape index (κ2) is 4.13. The lowest BCUT2D eigenvalue weighted by molar-refractivity contribution is 0.521. The molecule has 0 amide bonds. The van der Waals surface area contributed by atoms with Gasteiger partial charge in [-0.1, -0.05) is 17.5 Å². The molecule has 0 spiro atoms. The summed E-state index contributed by atoms with van der Waals surface area (Å²) in [5, 5.41) is 0.559. The van der Waals surface area contributed by atoms with Gasteiger partial charge in [-0.25, -0.2) is 4.79 Å². The van der Waals surface area contributed by atoms with Crippen LogP contribution in [0.1, 0.15) is 0 Å². The Morgan fingerprint density at radius 2 is 2.33 bits per heavy atom.